The Bertz CT molecular complexity index is 1680. The van der Waals surface area contributed by atoms with E-state index in [1.807, 2.05) is 0 Å². The summed E-state index contributed by atoms with van der Waals surface area (Å²) >= 11 is 0. The van der Waals surface area contributed by atoms with Crippen LogP contribution in [0, 0.1) is 0 Å². The van der Waals surface area contributed by atoms with Gasteiger partial charge in [0.1, 0.15) is 12.7 Å². The van der Waals surface area contributed by atoms with Gasteiger partial charge in [-0.3, -0.25) is 23.4 Å². The van der Waals surface area contributed by atoms with Gasteiger partial charge in [0, 0.05) is 19.3 Å². The molecule has 3 atom stereocenters. The molecule has 448 valence electrons. The van der Waals surface area contributed by atoms with Gasteiger partial charge < -0.3 is 24.2 Å². The van der Waals surface area contributed by atoms with Gasteiger partial charge in [0.2, 0.25) is 0 Å². The van der Waals surface area contributed by atoms with Gasteiger partial charge >= 0.3 is 25.7 Å². The van der Waals surface area contributed by atoms with Crippen molar-refractivity contribution >= 4 is 25.7 Å². The van der Waals surface area contributed by atoms with Crippen LogP contribution in [0.2, 0.25) is 0 Å². The zero-order valence-electron chi connectivity index (χ0n) is 49.6. The lowest BCUT2D eigenvalue weighted by molar-refractivity contribution is -0.161. The first kappa shape index (κ1) is 74.4. The van der Waals surface area contributed by atoms with E-state index < -0.39 is 57.8 Å². The SMILES string of the molecule is CC/C=C\C/C=C\C/C=C\CCCCCCCCCC(=O)OCC(COP(=O)(O)OCC(CO)OC(=O)CCCCCCC/C=C\C/C=C\CCCCC)OC(=O)CCCCCCCC/C=C\C/C=C\C/C=C\CCCCC. The van der Waals surface area contributed by atoms with Crippen molar-refractivity contribution in [3.05, 3.63) is 97.2 Å². The number of phosphoric ester groups is 1. The second kappa shape index (κ2) is 59.5. The lowest BCUT2D eigenvalue weighted by Crippen LogP contribution is -2.30. The highest BCUT2D eigenvalue weighted by atomic mass is 31.2. The zero-order chi connectivity index (χ0) is 56.9. The van der Waals surface area contributed by atoms with Crippen LogP contribution in [0.1, 0.15) is 265 Å². The molecule has 0 aromatic heterocycles. The van der Waals surface area contributed by atoms with E-state index in [1.54, 1.807) is 0 Å². The second-order valence-electron chi connectivity index (χ2n) is 20.5. The molecule has 0 aromatic rings. The van der Waals surface area contributed by atoms with Gasteiger partial charge in [-0.2, -0.15) is 0 Å². The minimum absolute atomic E-state index is 0.146. The third kappa shape index (κ3) is 57.1. The lowest BCUT2D eigenvalue weighted by Gasteiger charge is -2.21. The van der Waals surface area contributed by atoms with E-state index in [1.165, 1.54) is 57.8 Å². The largest absolute Gasteiger partial charge is 0.472 e. The van der Waals surface area contributed by atoms with Crippen molar-refractivity contribution in [1.29, 1.82) is 0 Å². The minimum atomic E-state index is -4.77. The molecular formula is C66H113O11P. The number of carbonyl (C=O) groups is 3. The third-order valence-corrected chi connectivity index (χ3v) is 13.9. The molecule has 0 radical (unpaired) electrons. The zero-order valence-corrected chi connectivity index (χ0v) is 50.5. The summed E-state index contributed by atoms with van der Waals surface area (Å²) in [6.07, 6.45) is 70.6. The number of rotatable bonds is 57. The molecule has 0 aliphatic rings. The van der Waals surface area contributed by atoms with Gasteiger partial charge in [0.15, 0.2) is 6.10 Å². The highest BCUT2D eigenvalue weighted by molar-refractivity contribution is 7.47. The normalized spacial score (nSPS) is 14.0. The molecule has 2 N–H and O–H groups in total. The Morgan fingerprint density at radius 1 is 0.372 bits per heavy atom. The molecule has 0 fully saturated rings. The van der Waals surface area contributed by atoms with E-state index in [2.05, 4.69) is 118 Å². The Kier molecular flexibility index (Phi) is 56.8. The topological polar surface area (TPSA) is 155 Å². The highest BCUT2D eigenvalue weighted by Crippen LogP contribution is 2.43. The number of allylic oxidation sites excluding steroid dienone is 16. The van der Waals surface area contributed by atoms with E-state index in [9.17, 15) is 28.9 Å². The van der Waals surface area contributed by atoms with Gasteiger partial charge in [0.25, 0.3) is 0 Å². The van der Waals surface area contributed by atoms with Crippen LogP contribution >= 0.6 is 7.82 Å². The summed E-state index contributed by atoms with van der Waals surface area (Å²) in [5, 5.41) is 9.84. The molecule has 0 aliphatic heterocycles. The Morgan fingerprint density at radius 3 is 1.03 bits per heavy atom. The number of hydrogen-bond donors (Lipinski definition) is 2. The Morgan fingerprint density at radius 2 is 0.667 bits per heavy atom. The molecule has 0 amide bonds. The van der Waals surface area contributed by atoms with Crippen molar-refractivity contribution in [3.8, 4) is 0 Å². The molecule has 78 heavy (non-hydrogen) atoms. The predicted octanol–water partition coefficient (Wildman–Crippen LogP) is 18.8. The van der Waals surface area contributed by atoms with Gasteiger partial charge in [-0.25, -0.2) is 4.57 Å². The average Bonchev–Trinajstić information content (AvgIpc) is 3.43. The van der Waals surface area contributed by atoms with Crippen LogP contribution in [-0.4, -0.2) is 66.5 Å². The maximum Gasteiger partial charge on any atom is 0.472 e. The molecule has 0 spiro atoms. The Hall–Kier alpha value is -3.60. The molecule has 0 bridgehead atoms. The molecule has 0 saturated heterocycles. The maximum atomic E-state index is 12.9. The summed E-state index contributed by atoms with van der Waals surface area (Å²) in [5.41, 5.74) is 0. The van der Waals surface area contributed by atoms with Crippen molar-refractivity contribution in [1.82, 2.24) is 0 Å². The van der Waals surface area contributed by atoms with Gasteiger partial charge in [0.05, 0.1) is 19.8 Å². The van der Waals surface area contributed by atoms with Crippen LogP contribution in [0.15, 0.2) is 97.2 Å². The summed E-state index contributed by atoms with van der Waals surface area (Å²) in [6.45, 7) is 4.46. The number of ether oxygens (including phenoxy) is 3. The standard InChI is InChI=1S/C66H113O11P/c1-4-7-10-13-16-19-22-25-28-30-31-33-36-39-42-45-48-51-54-57-66(70)77-63(59-73-64(68)55-52-49-46-43-40-37-35-32-29-26-23-20-17-14-11-8-5-2)61-75-78(71,72)74-60-62(58-67)76-65(69)56-53-50-47-44-41-38-34-27-24-21-18-15-12-9-6-3/h8,11,16-21,25-29,31,33-34,62-63,67H,4-7,9-10,12-15,22-24,30,32,35-61H2,1-3H3,(H,71,72)/b11-8-,19-16-,20-17-,21-18-,28-25-,29-26-,33-31-,34-27-. The molecule has 0 aromatic carbocycles. The molecule has 0 heterocycles. The second-order valence-corrected chi connectivity index (χ2v) is 21.9. The Labute approximate surface area is 476 Å². The number of aliphatic hydroxyl groups is 1. The number of unbranched alkanes of at least 4 members (excludes halogenated alkanes) is 24. The number of phosphoric acid groups is 1. The quantitative estimate of drug-likeness (QED) is 0.0197. The van der Waals surface area contributed by atoms with Crippen LogP contribution in [0.25, 0.3) is 0 Å². The fourth-order valence-electron chi connectivity index (χ4n) is 8.23. The first-order valence-electron chi connectivity index (χ1n) is 31.1. The van der Waals surface area contributed by atoms with Crippen molar-refractivity contribution < 1.29 is 52.2 Å². The van der Waals surface area contributed by atoms with E-state index in [4.69, 9.17) is 23.3 Å². The van der Waals surface area contributed by atoms with Crippen molar-refractivity contribution in [2.45, 2.75) is 277 Å². The monoisotopic (exact) mass is 1110 g/mol. The van der Waals surface area contributed by atoms with E-state index in [-0.39, 0.29) is 25.9 Å². The average molecular weight is 1110 g/mol. The third-order valence-electron chi connectivity index (χ3n) is 13.0. The number of carbonyl (C=O) groups excluding carboxylic acids is 3. The van der Waals surface area contributed by atoms with Crippen molar-refractivity contribution in [3.63, 3.8) is 0 Å². The minimum Gasteiger partial charge on any atom is -0.462 e. The van der Waals surface area contributed by atoms with Crippen LogP contribution < -0.4 is 0 Å². The fourth-order valence-corrected chi connectivity index (χ4v) is 9.01. The smallest absolute Gasteiger partial charge is 0.462 e. The summed E-state index contributed by atoms with van der Waals surface area (Å²) in [5.74, 6) is -1.50. The number of hydrogen-bond acceptors (Lipinski definition) is 10. The molecule has 0 aliphatic carbocycles. The van der Waals surface area contributed by atoms with Gasteiger partial charge in [-0.05, 0) is 122 Å². The van der Waals surface area contributed by atoms with Crippen LogP contribution in [0.3, 0.4) is 0 Å². The highest BCUT2D eigenvalue weighted by Gasteiger charge is 2.28. The van der Waals surface area contributed by atoms with Crippen molar-refractivity contribution in [2.75, 3.05) is 26.4 Å². The molecule has 11 nitrogen and oxygen atoms in total. The lowest BCUT2D eigenvalue weighted by atomic mass is 10.1. The van der Waals surface area contributed by atoms with E-state index in [0.29, 0.717) is 19.3 Å². The Balaban J connectivity index is 4.77. The fraction of sp³-hybridized carbons (Fsp3) is 0.712. The predicted molar refractivity (Wildman–Crippen MR) is 325 cm³/mol. The molecule has 0 rings (SSSR count). The van der Waals surface area contributed by atoms with Crippen LogP contribution in [-0.2, 0) is 42.2 Å². The first-order chi connectivity index (χ1) is 38.2. The molecule has 12 heteroatoms. The summed E-state index contributed by atoms with van der Waals surface area (Å²) in [6, 6.07) is 0. The van der Waals surface area contributed by atoms with E-state index >= 15 is 0 Å². The summed E-state index contributed by atoms with van der Waals surface area (Å²) in [7, 11) is -4.77. The number of esters is 3. The van der Waals surface area contributed by atoms with Crippen LogP contribution in [0.4, 0.5) is 0 Å². The summed E-state index contributed by atoms with van der Waals surface area (Å²) in [4.78, 5) is 48.7. The molecule has 0 saturated carbocycles. The first-order valence-corrected chi connectivity index (χ1v) is 32.6. The summed E-state index contributed by atoms with van der Waals surface area (Å²) < 4.78 is 39.6. The van der Waals surface area contributed by atoms with Gasteiger partial charge in [-0.1, -0.05) is 221 Å². The molecular weight excluding hydrogens is 1000 g/mol. The van der Waals surface area contributed by atoms with Crippen molar-refractivity contribution in [2.24, 2.45) is 0 Å². The van der Waals surface area contributed by atoms with Crippen LogP contribution in [0.5, 0.6) is 0 Å². The van der Waals surface area contributed by atoms with Gasteiger partial charge in [-0.15, -0.1) is 0 Å². The van der Waals surface area contributed by atoms with E-state index in [0.717, 1.165) is 148 Å². The number of aliphatic hydroxyl groups excluding tert-OH is 1. The molecule has 3 unspecified atom stereocenters. The maximum absolute atomic E-state index is 12.9.